The van der Waals surface area contributed by atoms with E-state index >= 15 is 0 Å². The number of nitrogens with one attached hydrogen (secondary N) is 1. The molecule has 3 rings (SSSR count). The quantitative estimate of drug-likeness (QED) is 0.317. The number of hydrogen-bond donors (Lipinski definition) is 2. The topological polar surface area (TPSA) is 163 Å². The van der Waals surface area contributed by atoms with E-state index in [-0.39, 0.29) is 41.9 Å². The van der Waals surface area contributed by atoms with Gasteiger partial charge < -0.3 is 14.1 Å². The zero-order valence-electron chi connectivity index (χ0n) is 15.5. The maximum atomic E-state index is 12.5. The van der Waals surface area contributed by atoms with Crippen LogP contribution in [0.1, 0.15) is 5.76 Å². The van der Waals surface area contributed by atoms with Crippen LogP contribution in [0.5, 0.6) is 0 Å². The molecular formula is C16H17N7O6. The van der Waals surface area contributed by atoms with Gasteiger partial charge in [0.2, 0.25) is 5.95 Å². The fourth-order valence-electron chi connectivity index (χ4n) is 2.66. The van der Waals surface area contributed by atoms with Crippen molar-refractivity contribution in [2.24, 2.45) is 19.2 Å². The lowest BCUT2D eigenvalue weighted by Crippen LogP contribution is -2.37. The van der Waals surface area contributed by atoms with E-state index in [2.05, 4.69) is 15.5 Å². The van der Waals surface area contributed by atoms with Crippen LogP contribution in [0, 0.1) is 10.1 Å². The summed E-state index contributed by atoms with van der Waals surface area (Å²) in [5, 5.41) is 23.8. The molecule has 0 amide bonds. The van der Waals surface area contributed by atoms with Crippen molar-refractivity contribution in [3.8, 4) is 0 Å². The Hall–Kier alpha value is -4.00. The van der Waals surface area contributed by atoms with Crippen molar-refractivity contribution < 1.29 is 14.4 Å². The normalized spacial score (nSPS) is 11.8. The van der Waals surface area contributed by atoms with Crippen molar-refractivity contribution in [2.75, 3.05) is 12.0 Å². The van der Waals surface area contributed by atoms with Gasteiger partial charge in [-0.3, -0.25) is 24.0 Å². The molecule has 0 aliphatic rings. The van der Waals surface area contributed by atoms with E-state index in [0.29, 0.717) is 0 Å². The van der Waals surface area contributed by atoms with Crippen molar-refractivity contribution in [1.29, 1.82) is 0 Å². The van der Waals surface area contributed by atoms with Gasteiger partial charge in [0.05, 0.1) is 12.7 Å². The third kappa shape index (κ3) is 3.70. The highest BCUT2D eigenvalue weighted by Crippen LogP contribution is 2.17. The molecule has 0 unspecified atom stereocenters. The second-order valence-electron chi connectivity index (χ2n) is 5.87. The number of anilines is 1. The van der Waals surface area contributed by atoms with Gasteiger partial charge in [-0.25, -0.2) is 10.2 Å². The summed E-state index contributed by atoms with van der Waals surface area (Å²) in [7, 11) is 2.84. The van der Waals surface area contributed by atoms with Crippen LogP contribution in [0.4, 0.5) is 11.8 Å². The number of allylic oxidation sites excluding steroid dienone is 1. The highest BCUT2D eigenvalue weighted by molar-refractivity contribution is 5.79. The summed E-state index contributed by atoms with van der Waals surface area (Å²) < 4.78 is 8.57. The first-order chi connectivity index (χ1) is 13.8. The number of hydrogen-bond acceptors (Lipinski definition) is 9. The van der Waals surface area contributed by atoms with Gasteiger partial charge in [0.25, 0.3) is 5.56 Å². The van der Waals surface area contributed by atoms with E-state index in [0.717, 1.165) is 4.57 Å². The summed E-state index contributed by atoms with van der Waals surface area (Å²) in [5.74, 6) is 0.0597. The van der Waals surface area contributed by atoms with Gasteiger partial charge >= 0.3 is 11.6 Å². The first kappa shape index (κ1) is 19.8. The molecule has 29 heavy (non-hydrogen) atoms. The van der Waals surface area contributed by atoms with Crippen molar-refractivity contribution >= 4 is 35.3 Å². The van der Waals surface area contributed by atoms with Gasteiger partial charge in [0, 0.05) is 26.9 Å². The van der Waals surface area contributed by atoms with Gasteiger partial charge in [0.1, 0.15) is 10.7 Å². The zero-order chi connectivity index (χ0) is 21.1. The molecule has 0 aromatic carbocycles. The fourth-order valence-corrected chi connectivity index (χ4v) is 2.66. The third-order valence-electron chi connectivity index (χ3n) is 4.05. The lowest BCUT2D eigenvalue weighted by molar-refractivity contribution is -0.402. The summed E-state index contributed by atoms with van der Waals surface area (Å²) in [4.78, 5) is 38.7. The Morgan fingerprint density at radius 2 is 2.10 bits per heavy atom. The first-order valence-electron chi connectivity index (χ1n) is 8.32. The Morgan fingerprint density at radius 1 is 1.34 bits per heavy atom. The molecule has 0 saturated carbocycles. The lowest BCUT2D eigenvalue weighted by atomic mass is 10.4. The van der Waals surface area contributed by atoms with Crippen molar-refractivity contribution in [3.63, 3.8) is 0 Å². The molecule has 0 radical (unpaired) electrons. The number of rotatable bonds is 7. The third-order valence-corrected chi connectivity index (χ3v) is 4.05. The number of aryl methyl sites for hydroxylation is 1. The van der Waals surface area contributed by atoms with Crippen LogP contribution in [0.15, 0.2) is 37.3 Å². The SMILES string of the molecule is Cn1c(=O)c2c(nc(N/N=C\C=C\c3ccc([N+](=O)[O-])o3)n2CCO)n(C)c1=O. The largest absolute Gasteiger partial charge is 0.433 e. The monoisotopic (exact) mass is 403 g/mol. The van der Waals surface area contributed by atoms with Crippen molar-refractivity contribution in [1.82, 2.24) is 18.7 Å². The molecule has 0 aliphatic heterocycles. The van der Waals surface area contributed by atoms with Crippen LogP contribution in [0.2, 0.25) is 0 Å². The Kier molecular flexibility index (Phi) is 5.40. The molecule has 3 aromatic rings. The number of aromatic nitrogens is 4. The van der Waals surface area contributed by atoms with E-state index in [1.807, 2.05) is 0 Å². The van der Waals surface area contributed by atoms with Gasteiger partial charge in [-0.15, -0.1) is 0 Å². The molecule has 3 heterocycles. The summed E-state index contributed by atoms with van der Waals surface area (Å²) in [6, 6.07) is 2.67. The number of nitro groups is 1. The predicted molar refractivity (Wildman–Crippen MR) is 104 cm³/mol. The van der Waals surface area contributed by atoms with Gasteiger partial charge in [-0.05, 0) is 18.2 Å². The highest BCUT2D eigenvalue weighted by Gasteiger charge is 2.18. The van der Waals surface area contributed by atoms with E-state index < -0.39 is 16.2 Å². The molecule has 3 aromatic heterocycles. The Morgan fingerprint density at radius 3 is 2.76 bits per heavy atom. The molecule has 0 saturated heterocycles. The average molecular weight is 403 g/mol. The van der Waals surface area contributed by atoms with E-state index in [1.54, 1.807) is 0 Å². The highest BCUT2D eigenvalue weighted by atomic mass is 16.6. The van der Waals surface area contributed by atoms with Crippen LogP contribution in [-0.4, -0.2) is 41.5 Å². The molecule has 2 N–H and O–H groups in total. The maximum absolute atomic E-state index is 12.5. The number of furan rings is 1. The molecule has 0 bridgehead atoms. The minimum atomic E-state index is -0.643. The van der Waals surface area contributed by atoms with E-state index in [9.17, 15) is 24.8 Å². The Bertz CT molecular complexity index is 1240. The average Bonchev–Trinajstić information content (AvgIpc) is 3.30. The van der Waals surface area contributed by atoms with E-state index in [1.165, 1.54) is 53.7 Å². The minimum Gasteiger partial charge on any atom is -0.401 e. The molecule has 0 atom stereocenters. The number of hydrazone groups is 1. The van der Waals surface area contributed by atoms with Gasteiger partial charge in [0.15, 0.2) is 11.2 Å². The van der Waals surface area contributed by atoms with Gasteiger partial charge in [-0.1, -0.05) is 0 Å². The minimum absolute atomic E-state index is 0.0632. The maximum Gasteiger partial charge on any atom is 0.433 e. The smallest absolute Gasteiger partial charge is 0.401 e. The van der Waals surface area contributed by atoms with Crippen LogP contribution in [0.3, 0.4) is 0 Å². The molecule has 0 aliphatic carbocycles. The molecule has 0 spiro atoms. The Labute approximate surface area is 162 Å². The second-order valence-corrected chi connectivity index (χ2v) is 5.87. The van der Waals surface area contributed by atoms with Crippen molar-refractivity contribution in [3.05, 3.63) is 54.9 Å². The summed E-state index contributed by atoms with van der Waals surface area (Å²) in [6.07, 6.45) is 4.28. The van der Waals surface area contributed by atoms with Crippen molar-refractivity contribution in [2.45, 2.75) is 6.54 Å². The number of aliphatic hydroxyl groups is 1. The number of nitrogens with zero attached hydrogens (tertiary/aromatic N) is 6. The fraction of sp³-hybridized carbons (Fsp3) is 0.250. The molecule has 13 nitrogen and oxygen atoms in total. The molecule has 152 valence electrons. The summed E-state index contributed by atoms with van der Waals surface area (Å²) in [6.45, 7) is -0.194. The summed E-state index contributed by atoms with van der Waals surface area (Å²) in [5.41, 5.74) is 1.89. The van der Waals surface area contributed by atoms with Crippen LogP contribution >= 0.6 is 0 Å². The summed E-state index contributed by atoms with van der Waals surface area (Å²) >= 11 is 0. The Balaban J connectivity index is 1.87. The van der Waals surface area contributed by atoms with Gasteiger partial charge in [-0.2, -0.15) is 10.1 Å². The van der Waals surface area contributed by atoms with Crippen LogP contribution in [0.25, 0.3) is 17.2 Å². The zero-order valence-corrected chi connectivity index (χ0v) is 15.5. The second kappa shape index (κ2) is 7.93. The standard InChI is InChI=1S/C16H17N7O6/c1-20-13-12(14(25)21(2)16(20)26)22(8-9-24)15(18-13)19-17-7-3-4-10-5-6-11(29-10)23(27)28/h3-7,24H,8-9H2,1-2H3,(H,18,19)/b4-3+,17-7-. The molecular weight excluding hydrogens is 386 g/mol. The van der Waals surface area contributed by atoms with E-state index in [4.69, 9.17) is 4.42 Å². The molecule has 13 heteroatoms. The lowest BCUT2D eigenvalue weighted by Gasteiger charge is -2.06. The molecule has 0 fully saturated rings. The first-order valence-corrected chi connectivity index (χ1v) is 8.32. The number of imidazole rings is 1. The number of aliphatic hydroxyl groups excluding tert-OH is 1. The number of fused-ring (bicyclic) bond motifs is 1. The van der Waals surface area contributed by atoms with Crippen LogP contribution < -0.4 is 16.7 Å². The predicted octanol–water partition coefficient (Wildman–Crippen LogP) is 0.0383. The van der Waals surface area contributed by atoms with Crippen LogP contribution in [-0.2, 0) is 20.6 Å².